The molecule has 1 saturated carbocycles. The number of nitrogens with zero attached hydrogens (tertiary/aromatic N) is 2. The van der Waals surface area contributed by atoms with E-state index in [1.165, 1.54) is 18.4 Å². The highest BCUT2D eigenvalue weighted by Crippen LogP contribution is 2.48. The first-order valence-corrected chi connectivity index (χ1v) is 10.9. The second-order valence-corrected chi connectivity index (χ2v) is 9.08. The molecule has 2 amide bonds. The molecule has 6 nitrogen and oxygen atoms in total. The van der Waals surface area contributed by atoms with E-state index in [0.29, 0.717) is 30.8 Å². The summed E-state index contributed by atoms with van der Waals surface area (Å²) in [5.74, 6) is 0.811. The number of methoxy groups -OCH3 is 1. The molecule has 2 aliphatic rings. The zero-order valence-electron chi connectivity index (χ0n) is 18.6. The number of carbonyl (C=O) groups excluding carboxylic acids is 2. The summed E-state index contributed by atoms with van der Waals surface area (Å²) in [7, 11) is 5.83. The summed E-state index contributed by atoms with van der Waals surface area (Å²) in [6.45, 7) is 2.17. The highest BCUT2D eigenvalue weighted by atomic mass is 16.5. The standard InChI is InChI=1S/C25H31N3O3/c1-27(2)17-25(12-13-25)20-6-8-21(9-7-20)28-16-18(14-23(28)29)15-26-24(30)19-4-10-22(31-3)11-5-19/h4-11,18H,12-17H2,1-3H3,(H,26,30). The van der Waals surface area contributed by atoms with Gasteiger partial charge in [0.25, 0.3) is 5.91 Å². The molecular formula is C25H31N3O3. The summed E-state index contributed by atoms with van der Waals surface area (Å²) in [5.41, 5.74) is 3.17. The van der Waals surface area contributed by atoms with Gasteiger partial charge in [-0.25, -0.2) is 0 Å². The summed E-state index contributed by atoms with van der Waals surface area (Å²) < 4.78 is 5.13. The topological polar surface area (TPSA) is 61.9 Å². The molecule has 2 aromatic rings. The van der Waals surface area contributed by atoms with Gasteiger partial charge in [-0.15, -0.1) is 0 Å². The summed E-state index contributed by atoms with van der Waals surface area (Å²) in [5, 5.41) is 2.96. The SMILES string of the molecule is COc1ccc(C(=O)NCC2CC(=O)N(c3ccc(C4(CN(C)C)CC4)cc3)C2)cc1. The molecule has 4 rings (SSSR count). The minimum absolute atomic E-state index is 0.109. The van der Waals surface area contributed by atoms with E-state index in [-0.39, 0.29) is 23.1 Å². The fourth-order valence-corrected chi connectivity index (χ4v) is 4.54. The number of hydrogen-bond acceptors (Lipinski definition) is 4. The van der Waals surface area contributed by atoms with Crippen molar-refractivity contribution in [2.75, 3.05) is 45.7 Å². The van der Waals surface area contributed by atoms with Crippen LogP contribution in [0, 0.1) is 5.92 Å². The highest BCUT2D eigenvalue weighted by molar-refractivity contribution is 5.96. The van der Waals surface area contributed by atoms with E-state index in [2.05, 4.69) is 48.6 Å². The Labute approximate surface area is 184 Å². The molecule has 2 aromatic carbocycles. The van der Waals surface area contributed by atoms with E-state index in [1.807, 2.05) is 4.90 Å². The third-order valence-electron chi connectivity index (χ3n) is 6.37. The van der Waals surface area contributed by atoms with E-state index in [4.69, 9.17) is 4.74 Å². The van der Waals surface area contributed by atoms with Gasteiger partial charge in [0.15, 0.2) is 0 Å². The third kappa shape index (κ3) is 4.74. The Hall–Kier alpha value is -2.86. The monoisotopic (exact) mass is 421 g/mol. The molecule has 1 heterocycles. The van der Waals surface area contributed by atoms with Crippen LogP contribution >= 0.6 is 0 Å². The molecule has 0 radical (unpaired) electrons. The molecule has 6 heteroatoms. The number of nitrogens with one attached hydrogen (secondary N) is 1. The lowest BCUT2D eigenvalue weighted by Gasteiger charge is -2.22. The quantitative estimate of drug-likeness (QED) is 0.712. The minimum atomic E-state index is -0.131. The molecule has 1 atom stereocenters. The maximum Gasteiger partial charge on any atom is 0.251 e. The van der Waals surface area contributed by atoms with Gasteiger partial charge in [0.1, 0.15) is 5.75 Å². The van der Waals surface area contributed by atoms with Crippen LogP contribution in [0.2, 0.25) is 0 Å². The van der Waals surface area contributed by atoms with Gasteiger partial charge in [-0.1, -0.05) is 12.1 Å². The Balaban J connectivity index is 1.33. The van der Waals surface area contributed by atoms with Gasteiger partial charge in [0.2, 0.25) is 5.91 Å². The van der Waals surface area contributed by atoms with Gasteiger partial charge < -0.3 is 19.9 Å². The number of amides is 2. The molecule has 164 valence electrons. The molecule has 1 saturated heterocycles. The Kier molecular flexibility index (Phi) is 6.01. The average Bonchev–Trinajstić information content (AvgIpc) is 3.45. The normalized spacial score (nSPS) is 19.5. The van der Waals surface area contributed by atoms with Crippen molar-refractivity contribution in [1.29, 1.82) is 0 Å². The Morgan fingerprint density at radius 2 is 1.81 bits per heavy atom. The number of rotatable bonds is 8. The molecule has 1 aliphatic heterocycles. The first kappa shape index (κ1) is 21.4. The van der Waals surface area contributed by atoms with Crippen LogP contribution < -0.4 is 15.0 Å². The zero-order valence-corrected chi connectivity index (χ0v) is 18.6. The van der Waals surface area contributed by atoms with E-state index >= 15 is 0 Å². The molecule has 1 N–H and O–H groups in total. The number of carbonyl (C=O) groups is 2. The largest absolute Gasteiger partial charge is 0.497 e. The van der Waals surface area contributed by atoms with Crippen LogP contribution in [-0.4, -0.2) is 57.6 Å². The van der Waals surface area contributed by atoms with E-state index in [1.54, 1.807) is 31.4 Å². The molecule has 31 heavy (non-hydrogen) atoms. The Morgan fingerprint density at radius 1 is 1.13 bits per heavy atom. The number of benzene rings is 2. The lowest BCUT2D eigenvalue weighted by atomic mass is 9.95. The van der Waals surface area contributed by atoms with Gasteiger partial charge in [0, 0.05) is 48.6 Å². The van der Waals surface area contributed by atoms with Crippen LogP contribution in [0.4, 0.5) is 5.69 Å². The van der Waals surface area contributed by atoms with Crippen LogP contribution in [-0.2, 0) is 10.2 Å². The molecule has 0 spiro atoms. The van der Waals surface area contributed by atoms with Gasteiger partial charge in [0.05, 0.1) is 7.11 Å². The van der Waals surface area contributed by atoms with Gasteiger partial charge in [-0.3, -0.25) is 9.59 Å². The molecule has 0 aromatic heterocycles. The van der Waals surface area contributed by atoms with Crippen molar-refractivity contribution in [3.05, 3.63) is 59.7 Å². The van der Waals surface area contributed by atoms with E-state index in [9.17, 15) is 9.59 Å². The van der Waals surface area contributed by atoms with Crippen molar-refractivity contribution in [3.8, 4) is 5.75 Å². The second kappa shape index (κ2) is 8.71. The lowest BCUT2D eigenvalue weighted by molar-refractivity contribution is -0.117. The number of anilines is 1. The molecule has 1 unspecified atom stereocenters. The fourth-order valence-electron chi connectivity index (χ4n) is 4.54. The number of ether oxygens (including phenoxy) is 1. The number of hydrogen-bond donors (Lipinski definition) is 1. The third-order valence-corrected chi connectivity index (χ3v) is 6.37. The van der Waals surface area contributed by atoms with Gasteiger partial charge in [-0.2, -0.15) is 0 Å². The maximum absolute atomic E-state index is 12.6. The predicted octanol–water partition coefficient (Wildman–Crippen LogP) is 3.07. The van der Waals surface area contributed by atoms with Crippen LogP contribution in [0.5, 0.6) is 5.75 Å². The molecular weight excluding hydrogens is 390 g/mol. The molecule has 2 fully saturated rings. The molecule has 1 aliphatic carbocycles. The summed E-state index contributed by atoms with van der Waals surface area (Å²) >= 11 is 0. The average molecular weight is 422 g/mol. The number of likely N-dealkylation sites (N-methyl/N-ethyl adjacent to an activating group) is 1. The van der Waals surface area contributed by atoms with E-state index in [0.717, 1.165) is 12.2 Å². The summed E-state index contributed by atoms with van der Waals surface area (Å²) in [4.78, 5) is 29.1. The first-order chi connectivity index (χ1) is 14.9. The zero-order chi connectivity index (χ0) is 22.0. The smallest absolute Gasteiger partial charge is 0.251 e. The van der Waals surface area contributed by atoms with Crippen LogP contribution in [0.25, 0.3) is 0 Å². The van der Waals surface area contributed by atoms with Crippen molar-refractivity contribution in [3.63, 3.8) is 0 Å². The van der Waals surface area contributed by atoms with Gasteiger partial charge in [-0.05, 0) is 68.9 Å². The first-order valence-electron chi connectivity index (χ1n) is 10.9. The van der Waals surface area contributed by atoms with Crippen LogP contribution in [0.15, 0.2) is 48.5 Å². The highest BCUT2D eigenvalue weighted by Gasteiger charge is 2.44. The van der Waals surface area contributed by atoms with Crippen LogP contribution in [0.1, 0.15) is 35.2 Å². The van der Waals surface area contributed by atoms with Crippen molar-refractivity contribution >= 4 is 17.5 Å². The van der Waals surface area contributed by atoms with Gasteiger partial charge >= 0.3 is 0 Å². The summed E-state index contributed by atoms with van der Waals surface area (Å²) in [6.07, 6.45) is 2.90. The van der Waals surface area contributed by atoms with Crippen molar-refractivity contribution in [2.24, 2.45) is 5.92 Å². The van der Waals surface area contributed by atoms with Crippen LogP contribution in [0.3, 0.4) is 0 Å². The molecule has 0 bridgehead atoms. The second-order valence-electron chi connectivity index (χ2n) is 9.08. The maximum atomic E-state index is 12.6. The Morgan fingerprint density at radius 3 is 2.39 bits per heavy atom. The van der Waals surface area contributed by atoms with E-state index < -0.39 is 0 Å². The fraction of sp³-hybridized carbons (Fsp3) is 0.440. The van der Waals surface area contributed by atoms with Crippen molar-refractivity contribution in [1.82, 2.24) is 10.2 Å². The minimum Gasteiger partial charge on any atom is -0.497 e. The van der Waals surface area contributed by atoms with Crippen molar-refractivity contribution in [2.45, 2.75) is 24.7 Å². The van der Waals surface area contributed by atoms with Crippen molar-refractivity contribution < 1.29 is 14.3 Å². The lowest BCUT2D eigenvalue weighted by Crippen LogP contribution is -2.31. The predicted molar refractivity (Wildman–Crippen MR) is 122 cm³/mol. The summed E-state index contributed by atoms with van der Waals surface area (Å²) in [6, 6.07) is 15.5. The Bertz CT molecular complexity index is 933.